The zero-order valence-electron chi connectivity index (χ0n) is 10.9. The molecule has 0 fully saturated rings. The Kier molecular flexibility index (Phi) is 3.44. The van der Waals surface area contributed by atoms with E-state index >= 15 is 0 Å². The standard InChI is InChI=1S/C13H10N4O3S/c1-14-8-2-4-9(5-3-8)21-11-7-6-10(17(18)19)12-13(11)16-20-15-12/h2-7,14H,1H3. The van der Waals surface area contributed by atoms with Crippen molar-refractivity contribution in [3.63, 3.8) is 0 Å². The lowest BCUT2D eigenvalue weighted by Gasteiger charge is -2.04. The fourth-order valence-electron chi connectivity index (χ4n) is 1.88. The van der Waals surface area contributed by atoms with Gasteiger partial charge >= 0.3 is 5.69 Å². The second-order valence-corrected chi connectivity index (χ2v) is 5.29. The molecule has 21 heavy (non-hydrogen) atoms. The van der Waals surface area contributed by atoms with E-state index in [1.54, 1.807) is 6.07 Å². The summed E-state index contributed by atoms with van der Waals surface area (Å²) < 4.78 is 4.64. The number of nitro groups is 1. The van der Waals surface area contributed by atoms with Gasteiger partial charge in [0.25, 0.3) is 0 Å². The van der Waals surface area contributed by atoms with Crippen LogP contribution in [-0.2, 0) is 0 Å². The molecule has 0 radical (unpaired) electrons. The summed E-state index contributed by atoms with van der Waals surface area (Å²) in [5.41, 5.74) is 1.46. The van der Waals surface area contributed by atoms with Crippen molar-refractivity contribution in [2.75, 3.05) is 12.4 Å². The van der Waals surface area contributed by atoms with Crippen molar-refractivity contribution < 1.29 is 9.55 Å². The highest BCUT2D eigenvalue weighted by molar-refractivity contribution is 7.99. The third kappa shape index (κ3) is 2.52. The van der Waals surface area contributed by atoms with E-state index in [1.807, 2.05) is 31.3 Å². The van der Waals surface area contributed by atoms with Crippen molar-refractivity contribution in [1.82, 2.24) is 10.3 Å². The first-order valence-electron chi connectivity index (χ1n) is 6.04. The molecule has 0 spiro atoms. The molecule has 3 aromatic rings. The molecule has 0 bridgehead atoms. The Bertz CT molecular complexity index is 801. The minimum atomic E-state index is -0.497. The largest absolute Gasteiger partial charge is 0.388 e. The van der Waals surface area contributed by atoms with Crippen molar-refractivity contribution >= 4 is 34.2 Å². The Labute approximate surface area is 123 Å². The highest BCUT2D eigenvalue weighted by Crippen LogP contribution is 2.35. The molecule has 1 N–H and O–H groups in total. The maximum absolute atomic E-state index is 10.9. The van der Waals surface area contributed by atoms with Crippen LogP contribution in [-0.4, -0.2) is 22.3 Å². The Balaban J connectivity index is 1.99. The van der Waals surface area contributed by atoms with Crippen molar-refractivity contribution in [2.24, 2.45) is 0 Å². The molecule has 0 aliphatic rings. The van der Waals surface area contributed by atoms with Crippen LogP contribution in [0.25, 0.3) is 11.0 Å². The molecular formula is C13H10N4O3S. The predicted molar refractivity (Wildman–Crippen MR) is 78.6 cm³/mol. The second-order valence-electron chi connectivity index (χ2n) is 4.18. The molecule has 1 heterocycles. The molecule has 0 saturated carbocycles. The number of nitrogens with one attached hydrogen (secondary N) is 1. The number of aromatic nitrogens is 2. The van der Waals surface area contributed by atoms with Crippen LogP contribution < -0.4 is 5.32 Å². The lowest BCUT2D eigenvalue weighted by atomic mass is 10.3. The highest BCUT2D eigenvalue weighted by atomic mass is 32.2. The first kappa shape index (κ1) is 13.4. The number of nitrogens with zero attached hydrogens (tertiary/aromatic N) is 3. The van der Waals surface area contributed by atoms with Gasteiger partial charge in [-0.3, -0.25) is 10.1 Å². The minimum absolute atomic E-state index is 0.110. The third-order valence-corrected chi connectivity index (χ3v) is 3.98. The predicted octanol–water partition coefficient (Wildman–Crippen LogP) is 3.32. The molecule has 1 aromatic heterocycles. The molecule has 7 nitrogen and oxygen atoms in total. The van der Waals surface area contributed by atoms with Gasteiger partial charge in [0.1, 0.15) is 0 Å². The van der Waals surface area contributed by atoms with E-state index in [4.69, 9.17) is 0 Å². The summed E-state index contributed by atoms with van der Waals surface area (Å²) in [5, 5.41) is 21.4. The van der Waals surface area contributed by atoms with Gasteiger partial charge in [0.2, 0.25) is 5.52 Å². The lowest BCUT2D eigenvalue weighted by molar-refractivity contribution is -0.383. The van der Waals surface area contributed by atoms with E-state index in [-0.39, 0.29) is 11.2 Å². The number of benzene rings is 2. The van der Waals surface area contributed by atoms with E-state index in [2.05, 4.69) is 20.3 Å². The maximum atomic E-state index is 10.9. The quantitative estimate of drug-likeness (QED) is 0.583. The summed E-state index contributed by atoms with van der Waals surface area (Å²) in [6.07, 6.45) is 0. The van der Waals surface area contributed by atoms with E-state index in [9.17, 15) is 10.1 Å². The van der Waals surface area contributed by atoms with Gasteiger partial charge in [-0.25, -0.2) is 4.63 Å². The van der Waals surface area contributed by atoms with Crippen LogP contribution in [0.3, 0.4) is 0 Å². The summed E-state index contributed by atoms with van der Waals surface area (Å²) in [4.78, 5) is 12.2. The molecule has 0 amide bonds. The molecule has 0 aliphatic heterocycles. The van der Waals surface area contributed by atoms with Gasteiger partial charge in [0.05, 0.1) is 4.92 Å². The van der Waals surface area contributed by atoms with Gasteiger partial charge in [0, 0.05) is 28.6 Å². The lowest BCUT2D eigenvalue weighted by Crippen LogP contribution is -1.90. The summed E-state index contributed by atoms with van der Waals surface area (Å²) in [5.74, 6) is 0. The normalized spacial score (nSPS) is 10.7. The van der Waals surface area contributed by atoms with Gasteiger partial charge in [0.15, 0.2) is 5.52 Å². The zero-order valence-corrected chi connectivity index (χ0v) is 11.8. The van der Waals surface area contributed by atoms with E-state index in [0.717, 1.165) is 15.5 Å². The summed E-state index contributed by atoms with van der Waals surface area (Å²) >= 11 is 1.45. The molecule has 0 unspecified atom stereocenters. The fourth-order valence-corrected chi connectivity index (χ4v) is 2.77. The van der Waals surface area contributed by atoms with Crippen LogP contribution in [0.4, 0.5) is 11.4 Å². The zero-order chi connectivity index (χ0) is 14.8. The molecule has 3 rings (SSSR count). The fraction of sp³-hybridized carbons (Fsp3) is 0.0769. The van der Waals surface area contributed by atoms with Crippen LogP contribution in [0.1, 0.15) is 0 Å². The van der Waals surface area contributed by atoms with Gasteiger partial charge in [-0.2, -0.15) is 0 Å². The smallest absolute Gasteiger partial charge is 0.300 e. The average molecular weight is 302 g/mol. The topological polar surface area (TPSA) is 94.1 Å². The van der Waals surface area contributed by atoms with Crippen LogP contribution in [0.5, 0.6) is 0 Å². The van der Waals surface area contributed by atoms with Crippen LogP contribution in [0.15, 0.2) is 50.8 Å². The van der Waals surface area contributed by atoms with E-state index < -0.39 is 4.92 Å². The van der Waals surface area contributed by atoms with Gasteiger partial charge in [-0.1, -0.05) is 11.8 Å². The van der Waals surface area contributed by atoms with Gasteiger partial charge in [-0.15, -0.1) is 0 Å². The Morgan fingerprint density at radius 2 is 1.86 bits per heavy atom. The van der Waals surface area contributed by atoms with Crippen LogP contribution >= 0.6 is 11.8 Å². The first-order valence-corrected chi connectivity index (χ1v) is 6.86. The highest BCUT2D eigenvalue weighted by Gasteiger charge is 2.19. The minimum Gasteiger partial charge on any atom is -0.388 e. The summed E-state index contributed by atoms with van der Waals surface area (Å²) in [6.45, 7) is 0. The number of fused-ring (bicyclic) bond motifs is 1. The number of hydrogen-bond acceptors (Lipinski definition) is 7. The first-order chi connectivity index (χ1) is 10.2. The molecule has 106 valence electrons. The Morgan fingerprint density at radius 1 is 1.14 bits per heavy atom. The van der Waals surface area contributed by atoms with E-state index in [1.165, 1.54) is 17.8 Å². The summed E-state index contributed by atoms with van der Waals surface area (Å²) in [6, 6.07) is 10.9. The molecule has 0 atom stereocenters. The molecule has 8 heteroatoms. The van der Waals surface area contributed by atoms with Crippen molar-refractivity contribution in [3.05, 3.63) is 46.5 Å². The monoisotopic (exact) mass is 302 g/mol. The molecule has 0 saturated heterocycles. The Morgan fingerprint density at radius 3 is 2.52 bits per heavy atom. The third-order valence-electron chi connectivity index (χ3n) is 2.92. The molecule has 2 aromatic carbocycles. The number of rotatable bonds is 4. The number of anilines is 1. The number of non-ortho nitro benzene ring substituents is 1. The number of nitro benzene ring substituents is 1. The van der Waals surface area contributed by atoms with Crippen LogP contribution in [0, 0.1) is 10.1 Å². The maximum Gasteiger partial charge on any atom is 0.300 e. The Hall–Kier alpha value is -2.61. The van der Waals surface area contributed by atoms with Crippen molar-refractivity contribution in [3.8, 4) is 0 Å². The average Bonchev–Trinajstić information content (AvgIpc) is 2.98. The SMILES string of the molecule is CNc1ccc(Sc2ccc([N+](=O)[O-])c3nonc23)cc1. The van der Waals surface area contributed by atoms with Crippen molar-refractivity contribution in [1.29, 1.82) is 0 Å². The van der Waals surface area contributed by atoms with Crippen molar-refractivity contribution in [2.45, 2.75) is 9.79 Å². The summed E-state index contributed by atoms with van der Waals surface area (Å²) in [7, 11) is 1.85. The second kappa shape index (κ2) is 5.41. The molecular weight excluding hydrogens is 292 g/mol. The molecule has 0 aliphatic carbocycles. The number of hydrogen-bond donors (Lipinski definition) is 1. The van der Waals surface area contributed by atoms with E-state index in [0.29, 0.717) is 5.52 Å². The van der Waals surface area contributed by atoms with Gasteiger partial charge < -0.3 is 5.32 Å². The van der Waals surface area contributed by atoms with Gasteiger partial charge in [-0.05, 0) is 40.6 Å². The van der Waals surface area contributed by atoms with Crippen LogP contribution in [0.2, 0.25) is 0 Å².